The van der Waals surface area contributed by atoms with E-state index in [-0.39, 0.29) is 18.1 Å². The Morgan fingerprint density at radius 1 is 1.21 bits per heavy atom. The zero-order valence-electron chi connectivity index (χ0n) is 18.2. The third kappa shape index (κ3) is 3.99. The Morgan fingerprint density at radius 2 is 1.97 bits per heavy atom. The maximum atomic E-state index is 11.8. The second-order valence-corrected chi connectivity index (χ2v) is 8.36. The standard InChI is InChI=1S/C23H19BrN6O3.ClH/c1-3-18-25-12(2)20(23(31)32)30(18)11-13-8-9-17-16(10-13)19(24)21(33-17)14-6-4-5-7-15(14)22-26-28-29-27-22;/h4-10H,3,11H2,1-2H3,(H,31,32)(H,26,27,28,29);1H. The van der Waals surface area contributed by atoms with E-state index in [4.69, 9.17) is 4.42 Å². The number of aromatic nitrogens is 6. The summed E-state index contributed by atoms with van der Waals surface area (Å²) in [6.07, 6.45) is 0.642. The Hall–Kier alpha value is -3.50. The summed E-state index contributed by atoms with van der Waals surface area (Å²) >= 11 is 3.70. The van der Waals surface area contributed by atoms with Crippen molar-refractivity contribution in [1.82, 2.24) is 30.2 Å². The number of aromatic amines is 1. The average molecular weight is 544 g/mol. The number of H-pyrrole nitrogens is 1. The van der Waals surface area contributed by atoms with Crippen molar-refractivity contribution in [3.63, 3.8) is 0 Å². The Bertz CT molecular complexity index is 1490. The molecule has 0 saturated heterocycles. The van der Waals surface area contributed by atoms with Crippen molar-refractivity contribution >= 4 is 45.3 Å². The summed E-state index contributed by atoms with van der Waals surface area (Å²) in [5.74, 6) is 0.889. The molecule has 2 aromatic carbocycles. The molecule has 0 fully saturated rings. The minimum absolute atomic E-state index is 0. The third-order valence-corrected chi connectivity index (χ3v) is 6.32. The Labute approximate surface area is 208 Å². The van der Waals surface area contributed by atoms with E-state index < -0.39 is 5.97 Å². The van der Waals surface area contributed by atoms with Crippen LogP contribution in [-0.2, 0) is 13.0 Å². The van der Waals surface area contributed by atoms with Gasteiger partial charge in [-0.3, -0.25) is 0 Å². The number of hydrogen-bond acceptors (Lipinski definition) is 6. The molecule has 0 unspecified atom stereocenters. The van der Waals surface area contributed by atoms with Crippen LogP contribution in [0.2, 0.25) is 0 Å². The molecule has 2 N–H and O–H groups in total. The topological polar surface area (TPSA) is 123 Å². The molecule has 11 heteroatoms. The number of tetrazole rings is 1. The fourth-order valence-corrected chi connectivity index (χ4v) is 4.67. The lowest BCUT2D eigenvalue weighted by Gasteiger charge is -2.09. The fourth-order valence-electron chi connectivity index (χ4n) is 4.06. The first kappa shape index (κ1) is 23.7. The maximum absolute atomic E-state index is 11.8. The van der Waals surface area contributed by atoms with Gasteiger partial charge in [0, 0.05) is 29.5 Å². The van der Waals surface area contributed by atoms with Gasteiger partial charge in [-0.05, 0) is 45.8 Å². The molecule has 5 aromatic rings. The number of carboxylic acids is 1. The minimum Gasteiger partial charge on any atom is -0.477 e. The Balaban J connectivity index is 0.00000274. The highest BCUT2D eigenvalue weighted by Crippen LogP contribution is 2.41. The van der Waals surface area contributed by atoms with Gasteiger partial charge in [0.15, 0.2) is 5.69 Å². The number of nitrogens with zero attached hydrogens (tertiary/aromatic N) is 5. The first-order valence-electron chi connectivity index (χ1n) is 10.3. The molecule has 0 aliphatic carbocycles. The molecule has 0 aliphatic rings. The third-order valence-electron chi connectivity index (χ3n) is 5.53. The van der Waals surface area contributed by atoms with Gasteiger partial charge in [0.2, 0.25) is 5.82 Å². The van der Waals surface area contributed by atoms with Gasteiger partial charge >= 0.3 is 5.97 Å². The number of carboxylic acid groups (broad SMARTS) is 1. The Morgan fingerprint density at radius 3 is 2.65 bits per heavy atom. The van der Waals surface area contributed by atoms with Gasteiger partial charge in [-0.15, -0.1) is 22.6 Å². The molecule has 0 saturated carbocycles. The van der Waals surface area contributed by atoms with Crippen molar-refractivity contribution in [2.75, 3.05) is 0 Å². The van der Waals surface area contributed by atoms with E-state index in [1.807, 2.05) is 49.4 Å². The van der Waals surface area contributed by atoms with Crippen LogP contribution in [0, 0.1) is 6.92 Å². The van der Waals surface area contributed by atoms with E-state index in [2.05, 4.69) is 41.5 Å². The smallest absolute Gasteiger partial charge is 0.354 e. The van der Waals surface area contributed by atoms with Crippen molar-refractivity contribution in [3.05, 3.63) is 69.7 Å². The van der Waals surface area contributed by atoms with Gasteiger partial charge in [-0.25, -0.2) is 9.78 Å². The highest BCUT2D eigenvalue weighted by Gasteiger charge is 2.21. The molecular formula is C23H20BrClN6O3. The molecule has 3 heterocycles. The average Bonchev–Trinajstić information content (AvgIpc) is 3.52. The number of nitrogens with one attached hydrogen (secondary N) is 1. The van der Waals surface area contributed by atoms with Crippen LogP contribution in [0.1, 0.15) is 34.5 Å². The molecule has 5 rings (SSSR count). The van der Waals surface area contributed by atoms with Crippen LogP contribution in [-0.4, -0.2) is 41.3 Å². The Kier molecular flexibility index (Phi) is 6.54. The van der Waals surface area contributed by atoms with Crippen LogP contribution >= 0.6 is 28.3 Å². The lowest BCUT2D eigenvalue weighted by Crippen LogP contribution is -2.13. The van der Waals surface area contributed by atoms with Gasteiger partial charge < -0.3 is 14.1 Å². The lowest BCUT2D eigenvalue weighted by molar-refractivity contribution is 0.0684. The molecule has 0 amide bonds. The predicted octanol–water partition coefficient (Wildman–Crippen LogP) is 5.28. The summed E-state index contributed by atoms with van der Waals surface area (Å²) in [6.45, 7) is 4.09. The van der Waals surface area contributed by atoms with Crippen molar-refractivity contribution in [3.8, 4) is 22.7 Å². The number of halogens is 2. The zero-order chi connectivity index (χ0) is 23.1. The summed E-state index contributed by atoms with van der Waals surface area (Å²) in [4.78, 5) is 16.3. The molecule has 0 radical (unpaired) electrons. The molecule has 0 atom stereocenters. The van der Waals surface area contributed by atoms with Crippen LogP contribution < -0.4 is 0 Å². The van der Waals surface area contributed by atoms with E-state index in [1.165, 1.54) is 0 Å². The summed E-state index contributed by atoms with van der Waals surface area (Å²) < 4.78 is 8.75. The minimum atomic E-state index is -0.981. The van der Waals surface area contributed by atoms with E-state index >= 15 is 0 Å². The van der Waals surface area contributed by atoms with E-state index in [0.717, 1.165) is 32.4 Å². The van der Waals surface area contributed by atoms with Gasteiger partial charge in [0.25, 0.3) is 0 Å². The number of furan rings is 1. The number of hydrogen-bond donors (Lipinski definition) is 2. The molecule has 34 heavy (non-hydrogen) atoms. The van der Waals surface area contributed by atoms with Gasteiger partial charge in [-0.1, -0.05) is 37.3 Å². The summed E-state index contributed by atoms with van der Waals surface area (Å²) in [5, 5.41) is 24.9. The highest BCUT2D eigenvalue weighted by molar-refractivity contribution is 9.10. The van der Waals surface area contributed by atoms with Crippen LogP contribution in [0.3, 0.4) is 0 Å². The summed E-state index contributed by atoms with van der Waals surface area (Å²) in [5.41, 5.74) is 4.00. The molecular weight excluding hydrogens is 524 g/mol. The van der Waals surface area contributed by atoms with Crippen molar-refractivity contribution in [2.45, 2.75) is 26.8 Å². The SMILES string of the molecule is CCc1nc(C)c(C(=O)O)n1Cc1ccc2oc(-c3ccccc3-c3nn[nH]n3)c(Br)c2c1.Cl. The van der Waals surface area contributed by atoms with Gasteiger partial charge in [0.05, 0.1) is 10.2 Å². The second kappa shape index (κ2) is 9.40. The van der Waals surface area contributed by atoms with Crippen molar-refractivity contribution in [2.24, 2.45) is 0 Å². The van der Waals surface area contributed by atoms with Gasteiger partial charge in [-0.2, -0.15) is 5.21 Å². The normalized spacial score (nSPS) is 11.0. The summed E-state index contributed by atoms with van der Waals surface area (Å²) in [7, 11) is 0. The van der Waals surface area contributed by atoms with Crippen LogP contribution in [0.15, 0.2) is 51.4 Å². The number of carbonyl (C=O) groups is 1. The largest absolute Gasteiger partial charge is 0.477 e. The van der Waals surface area contributed by atoms with Crippen LogP contribution in [0.25, 0.3) is 33.7 Å². The van der Waals surface area contributed by atoms with E-state index in [1.54, 1.807) is 11.5 Å². The monoisotopic (exact) mass is 542 g/mol. The first-order chi connectivity index (χ1) is 16.0. The lowest BCUT2D eigenvalue weighted by atomic mass is 10.0. The predicted molar refractivity (Wildman–Crippen MR) is 132 cm³/mol. The molecule has 0 bridgehead atoms. The molecule has 174 valence electrons. The number of benzene rings is 2. The van der Waals surface area contributed by atoms with Crippen LogP contribution in [0.5, 0.6) is 0 Å². The van der Waals surface area contributed by atoms with Crippen LogP contribution in [0.4, 0.5) is 0 Å². The molecule has 0 aliphatic heterocycles. The van der Waals surface area contributed by atoms with Crippen molar-refractivity contribution < 1.29 is 14.3 Å². The zero-order valence-corrected chi connectivity index (χ0v) is 20.6. The number of rotatable bonds is 6. The van der Waals surface area contributed by atoms with E-state index in [0.29, 0.717) is 35.8 Å². The maximum Gasteiger partial charge on any atom is 0.354 e. The first-order valence-corrected chi connectivity index (χ1v) is 11.1. The fraction of sp³-hybridized carbons (Fsp3) is 0.174. The quantitative estimate of drug-likeness (QED) is 0.299. The number of imidazole rings is 1. The second-order valence-electron chi connectivity index (χ2n) is 7.56. The summed E-state index contributed by atoms with van der Waals surface area (Å²) in [6, 6.07) is 13.5. The van der Waals surface area contributed by atoms with E-state index in [9.17, 15) is 9.90 Å². The number of aromatic carboxylic acids is 1. The molecule has 9 nitrogen and oxygen atoms in total. The molecule has 3 aromatic heterocycles. The highest BCUT2D eigenvalue weighted by atomic mass is 79.9. The number of fused-ring (bicyclic) bond motifs is 1. The van der Waals surface area contributed by atoms with Crippen molar-refractivity contribution in [1.29, 1.82) is 0 Å². The molecule has 0 spiro atoms. The van der Waals surface area contributed by atoms with Gasteiger partial charge in [0.1, 0.15) is 17.2 Å². The number of aryl methyl sites for hydroxylation is 2.